The van der Waals surface area contributed by atoms with Crippen LogP contribution in [0.25, 0.3) is 0 Å². The summed E-state index contributed by atoms with van der Waals surface area (Å²) in [4.78, 5) is 21.9. The second kappa shape index (κ2) is 6.83. The van der Waals surface area contributed by atoms with Gasteiger partial charge in [0.05, 0.1) is 0 Å². The lowest BCUT2D eigenvalue weighted by molar-refractivity contribution is -0.346. The largest absolute Gasteiger partial charge is 0.460 e. The van der Waals surface area contributed by atoms with Gasteiger partial charge < -0.3 is 9.47 Å². The number of hydrogen-bond donors (Lipinski definition) is 0. The summed E-state index contributed by atoms with van der Waals surface area (Å²) in [5.74, 6) is -18.7. The molecule has 0 saturated carbocycles. The molecule has 0 aliphatic carbocycles. The van der Waals surface area contributed by atoms with Gasteiger partial charge in [0, 0.05) is 6.07 Å². The third-order valence-corrected chi connectivity index (χ3v) is 2.58. The number of rotatable bonds is 5. The Kier molecular flexibility index (Phi) is 5.70. The zero-order chi connectivity index (χ0) is 18.8. The molecule has 0 aliphatic heterocycles. The number of hydrogen-bond acceptors (Lipinski definition) is 4. The molecule has 1 aromatic carbocycles. The number of carbonyl (C=O) groups excluding carboxylic acids is 2. The minimum absolute atomic E-state index is 0.364. The molecular weight excluding hydrogens is 377 g/mol. The molecule has 1 aromatic rings. The number of halogens is 8. The lowest BCUT2D eigenvalue weighted by Gasteiger charge is -2.26. The number of ether oxygens (including phenoxy) is 2. The van der Waals surface area contributed by atoms with E-state index in [2.05, 4.69) is 9.47 Å². The van der Waals surface area contributed by atoms with Gasteiger partial charge in [0.15, 0.2) is 0 Å². The summed E-state index contributed by atoms with van der Waals surface area (Å²) in [5, 5.41) is 0. The Morgan fingerprint density at radius 3 is 1.92 bits per heavy atom. The second-order valence-electron chi connectivity index (χ2n) is 4.12. The highest BCUT2D eigenvalue weighted by Crippen LogP contribution is 2.47. The van der Waals surface area contributed by atoms with Crippen molar-refractivity contribution in [2.24, 2.45) is 0 Å². The van der Waals surface area contributed by atoms with Crippen LogP contribution in [0.5, 0.6) is 11.5 Å². The Bertz CT molecular complexity index is 630. The molecule has 4 nitrogen and oxygen atoms in total. The molecule has 0 aromatic heterocycles. The maximum Gasteiger partial charge on any atom is 0.460 e. The SMILES string of the molecule is O=C(CCl)Oc1cccc(OC(=O)C(F)(F)C(F)(F)C(F)(F)F)c1. The van der Waals surface area contributed by atoms with E-state index in [4.69, 9.17) is 11.6 Å². The van der Waals surface area contributed by atoms with Crippen LogP contribution in [0.15, 0.2) is 24.3 Å². The van der Waals surface area contributed by atoms with Crippen LogP contribution < -0.4 is 9.47 Å². The van der Waals surface area contributed by atoms with Crippen LogP contribution in [0.4, 0.5) is 30.7 Å². The Hall–Kier alpha value is -2.04. The summed E-state index contributed by atoms with van der Waals surface area (Å²) >= 11 is 5.13. The normalized spacial score (nSPS) is 12.7. The van der Waals surface area contributed by atoms with Crippen molar-refractivity contribution in [2.45, 2.75) is 18.0 Å². The van der Waals surface area contributed by atoms with Crippen molar-refractivity contribution in [1.29, 1.82) is 0 Å². The van der Waals surface area contributed by atoms with Crippen molar-refractivity contribution in [3.05, 3.63) is 24.3 Å². The summed E-state index contributed by atoms with van der Waals surface area (Å²) in [6, 6.07) is 3.52. The van der Waals surface area contributed by atoms with E-state index in [9.17, 15) is 40.3 Å². The molecule has 0 heterocycles. The first-order valence-corrected chi connectivity index (χ1v) is 6.27. The van der Waals surface area contributed by atoms with Gasteiger partial charge in [-0.05, 0) is 12.1 Å². The summed E-state index contributed by atoms with van der Waals surface area (Å²) in [7, 11) is 0. The van der Waals surface area contributed by atoms with Gasteiger partial charge in [0.1, 0.15) is 17.4 Å². The van der Waals surface area contributed by atoms with E-state index in [0.717, 1.165) is 18.2 Å². The molecule has 134 valence electrons. The predicted octanol–water partition coefficient (Wildman–Crippen LogP) is 3.57. The topological polar surface area (TPSA) is 52.6 Å². The van der Waals surface area contributed by atoms with Crippen molar-refractivity contribution < 1.29 is 49.8 Å². The first-order valence-electron chi connectivity index (χ1n) is 5.74. The van der Waals surface area contributed by atoms with Crippen LogP contribution in [-0.4, -0.2) is 35.8 Å². The molecular formula is C12H6ClF7O4. The molecule has 0 N–H and O–H groups in total. The standard InChI is InChI=1S/C12H6ClF7O4/c13-5-8(21)23-6-2-1-3-7(4-6)24-9(22)10(14,15)11(16,17)12(18,19)20/h1-4H,5H2. The minimum Gasteiger partial charge on any atom is -0.426 e. The lowest BCUT2D eigenvalue weighted by atomic mass is 10.1. The van der Waals surface area contributed by atoms with Gasteiger partial charge in [-0.1, -0.05) is 6.07 Å². The predicted molar refractivity (Wildman–Crippen MR) is 64.4 cm³/mol. The van der Waals surface area contributed by atoms with Crippen LogP contribution in [0, 0.1) is 0 Å². The molecule has 1 rings (SSSR count). The van der Waals surface area contributed by atoms with E-state index in [1.165, 1.54) is 0 Å². The maximum absolute atomic E-state index is 13.1. The molecule has 0 aliphatic rings. The molecule has 0 radical (unpaired) electrons. The third-order valence-electron chi connectivity index (χ3n) is 2.36. The van der Waals surface area contributed by atoms with Gasteiger partial charge in [-0.2, -0.15) is 30.7 Å². The van der Waals surface area contributed by atoms with Crippen molar-refractivity contribution in [3.8, 4) is 11.5 Å². The molecule has 0 bridgehead atoms. The molecule has 12 heteroatoms. The van der Waals surface area contributed by atoms with Gasteiger partial charge in [0.25, 0.3) is 0 Å². The highest BCUT2D eigenvalue weighted by molar-refractivity contribution is 6.26. The van der Waals surface area contributed by atoms with Crippen LogP contribution >= 0.6 is 11.6 Å². The van der Waals surface area contributed by atoms with Crippen LogP contribution in [0.3, 0.4) is 0 Å². The molecule has 0 fully saturated rings. The number of esters is 2. The fraction of sp³-hybridized carbons (Fsp3) is 0.333. The molecule has 0 saturated heterocycles. The number of alkyl halides is 8. The first kappa shape index (κ1) is 20.0. The zero-order valence-electron chi connectivity index (χ0n) is 11.2. The van der Waals surface area contributed by atoms with Crippen molar-refractivity contribution in [2.75, 3.05) is 5.88 Å². The monoisotopic (exact) mass is 382 g/mol. The van der Waals surface area contributed by atoms with Crippen molar-refractivity contribution in [1.82, 2.24) is 0 Å². The summed E-state index contributed by atoms with van der Waals surface area (Å²) in [6.07, 6.45) is -6.67. The van der Waals surface area contributed by atoms with E-state index < -0.39 is 41.6 Å². The Balaban J connectivity index is 2.99. The minimum atomic E-state index is -6.67. The second-order valence-corrected chi connectivity index (χ2v) is 4.39. The molecule has 0 unspecified atom stereocenters. The highest BCUT2D eigenvalue weighted by Gasteiger charge is 2.77. The molecule has 0 amide bonds. The van der Waals surface area contributed by atoms with E-state index in [1.807, 2.05) is 0 Å². The average molecular weight is 383 g/mol. The molecule has 0 atom stereocenters. The first-order chi connectivity index (χ1) is 10.8. The van der Waals surface area contributed by atoms with Crippen LogP contribution in [-0.2, 0) is 9.59 Å². The summed E-state index contributed by atoms with van der Waals surface area (Å²) in [6.45, 7) is 0. The van der Waals surface area contributed by atoms with Gasteiger partial charge in [0.2, 0.25) is 0 Å². The number of carbonyl (C=O) groups is 2. The fourth-order valence-electron chi connectivity index (χ4n) is 1.24. The van der Waals surface area contributed by atoms with Gasteiger partial charge in [-0.3, -0.25) is 4.79 Å². The van der Waals surface area contributed by atoms with E-state index in [1.54, 1.807) is 0 Å². The van der Waals surface area contributed by atoms with Crippen LogP contribution in [0.1, 0.15) is 0 Å². The zero-order valence-corrected chi connectivity index (χ0v) is 11.9. The van der Waals surface area contributed by atoms with E-state index in [0.29, 0.717) is 6.07 Å². The maximum atomic E-state index is 13.1. The quantitative estimate of drug-likeness (QED) is 0.338. The van der Waals surface area contributed by atoms with Gasteiger partial charge in [-0.25, -0.2) is 4.79 Å². The molecule has 24 heavy (non-hydrogen) atoms. The van der Waals surface area contributed by atoms with E-state index in [-0.39, 0.29) is 5.75 Å². The van der Waals surface area contributed by atoms with Crippen molar-refractivity contribution in [3.63, 3.8) is 0 Å². The Labute approximate surface area is 134 Å². The highest BCUT2D eigenvalue weighted by atomic mass is 35.5. The summed E-state index contributed by atoms with van der Waals surface area (Å²) in [5.41, 5.74) is 0. The number of benzene rings is 1. The van der Waals surface area contributed by atoms with Crippen LogP contribution in [0.2, 0.25) is 0 Å². The van der Waals surface area contributed by atoms with Gasteiger partial charge in [-0.15, -0.1) is 11.6 Å². The Morgan fingerprint density at radius 1 is 0.958 bits per heavy atom. The summed E-state index contributed by atoms with van der Waals surface area (Å²) < 4.78 is 95.8. The third kappa shape index (κ3) is 4.08. The average Bonchev–Trinajstić information content (AvgIpc) is 2.45. The molecule has 0 spiro atoms. The smallest absolute Gasteiger partial charge is 0.426 e. The lowest BCUT2D eigenvalue weighted by Crippen LogP contribution is -2.57. The Morgan fingerprint density at radius 2 is 1.46 bits per heavy atom. The van der Waals surface area contributed by atoms with Gasteiger partial charge >= 0.3 is 30.0 Å². The fourth-order valence-corrected chi connectivity index (χ4v) is 1.29. The van der Waals surface area contributed by atoms with Crippen molar-refractivity contribution >= 4 is 23.5 Å². The van der Waals surface area contributed by atoms with E-state index >= 15 is 0 Å².